The maximum Gasteiger partial charge on any atom is 0.0451 e. The predicted octanol–water partition coefficient (Wildman–Crippen LogP) is 3.52. The van der Waals surface area contributed by atoms with Crippen LogP contribution in [0.25, 0.3) is 0 Å². The van der Waals surface area contributed by atoms with Gasteiger partial charge in [0.2, 0.25) is 0 Å². The first kappa shape index (κ1) is 9.68. The van der Waals surface area contributed by atoms with E-state index in [0.29, 0.717) is 0 Å². The molecule has 1 N–H and O–H groups in total. The van der Waals surface area contributed by atoms with Gasteiger partial charge in [0.05, 0.1) is 0 Å². The molecule has 0 saturated carbocycles. The van der Waals surface area contributed by atoms with Crippen molar-refractivity contribution in [2.45, 2.75) is 6.54 Å². The minimum Gasteiger partial charge on any atom is -0.380 e. The number of nitrogens with one attached hydrogen (secondary N) is 1. The molecular formula is C10H9BrN2S. The van der Waals surface area contributed by atoms with Crippen LogP contribution in [0.3, 0.4) is 0 Å². The summed E-state index contributed by atoms with van der Waals surface area (Å²) in [6, 6.07) is 4.13. The van der Waals surface area contributed by atoms with Gasteiger partial charge in [0, 0.05) is 34.5 Å². The summed E-state index contributed by atoms with van der Waals surface area (Å²) in [7, 11) is 0. The van der Waals surface area contributed by atoms with Crippen molar-refractivity contribution in [1.82, 2.24) is 4.98 Å². The molecule has 0 atom stereocenters. The van der Waals surface area contributed by atoms with Gasteiger partial charge >= 0.3 is 0 Å². The van der Waals surface area contributed by atoms with Crippen LogP contribution in [0.15, 0.2) is 39.8 Å². The van der Waals surface area contributed by atoms with E-state index < -0.39 is 0 Å². The molecule has 0 unspecified atom stereocenters. The number of halogens is 1. The largest absolute Gasteiger partial charge is 0.380 e. The topological polar surface area (TPSA) is 24.9 Å². The van der Waals surface area contributed by atoms with Gasteiger partial charge in [-0.2, -0.15) is 11.3 Å². The number of hydrogen-bond acceptors (Lipinski definition) is 3. The lowest BCUT2D eigenvalue weighted by Gasteiger charge is -2.03. The van der Waals surface area contributed by atoms with Crippen LogP contribution in [0, 0.1) is 0 Å². The molecule has 72 valence electrons. The standard InChI is InChI=1S/C10H9BrN2S/c11-9-3-8(4-12-6-9)5-13-10-1-2-14-7-10/h1-4,6-7,13H,5H2. The van der Waals surface area contributed by atoms with Crippen LogP contribution in [0.5, 0.6) is 0 Å². The van der Waals surface area contributed by atoms with E-state index in [0.717, 1.165) is 16.7 Å². The Bertz CT molecular complexity index is 400. The molecule has 2 nitrogen and oxygen atoms in total. The summed E-state index contributed by atoms with van der Waals surface area (Å²) in [5.74, 6) is 0. The Morgan fingerprint density at radius 2 is 2.36 bits per heavy atom. The van der Waals surface area contributed by atoms with Crippen molar-refractivity contribution in [3.63, 3.8) is 0 Å². The molecule has 2 heterocycles. The molecule has 0 bridgehead atoms. The fraction of sp³-hybridized carbons (Fsp3) is 0.100. The van der Waals surface area contributed by atoms with E-state index in [9.17, 15) is 0 Å². The molecular weight excluding hydrogens is 260 g/mol. The summed E-state index contributed by atoms with van der Waals surface area (Å²) in [5.41, 5.74) is 2.33. The van der Waals surface area contributed by atoms with Crippen molar-refractivity contribution in [1.29, 1.82) is 0 Å². The number of pyridine rings is 1. The molecule has 0 aromatic carbocycles. The Kier molecular flexibility index (Phi) is 3.16. The highest BCUT2D eigenvalue weighted by Gasteiger charge is 1.95. The van der Waals surface area contributed by atoms with Crippen LogP contribution in [0.2, 0.25) is 0 Å². The second-order valence-corrected chi connectivity index (χ2v) is 4.57. The molecule has 0 saturated heterocycles. The summed E-state index contributed by atoms with van der Waals surface area (Å²) >= 11 is 5.08. The van der Waals surface area contributed by atoms with Crippen molar-refractivity contribution >= 4 is 33.0 Å². The average molecular weight is 269 g/mol. The van der Waals surface area contributed by atoms with Gasteiger partial charge < -0.3 is 5.32 Å². The van der Waals surface area contributed by atoms with E-state index in [-0.39, 0.29) is 0 Å². The van der Waals surface area contributed by atoms with Gasteiger partial charge in [-0.1, -0.05) is 0 Å². The lowest BCUT2D eigenvalue weighted by atomic mass is 10.3. The van der Waals surface area contributed by atoms with Crippen LogP contribution in [0.4, 0.5) is 5.69 Å². The highest BCUT2D eigenvalue weighted by atomic mass is 79.9. The first-order valence-corrected chi connectivity index (χ1v) is 5.94. The summed E-state index contributed by atoms with van der Waals surface area (Å²) in [6.07, 6.45) is 3.65. The fourth-order valence-electron chi connectivity index (χ4n) is 1.12. The van der Waals surface area contributed by atoms with Gasteiger partial charge in [-0.25, -0.2) is 0 Å². The minimum atomic E-state index is 0.809. The third-order valence-electron chi connectivity index (χ3n) is 1.78. The third kappa shape index (κ3) is 2.56. The molecule has 0 aliphatic rings. The van der Waals surface area contributed by atoms with E-state index in [1.165, 1.54) is 5.56 Å². The van der Waals surface area contributed by atoms with Crippen molar-refractivity contribution in [2.75, 3.05) is 5.32 Å². The van der Waals surface area contributed by atoms with Gasteiger partial charge in [0.1, 0.15) is 0 Å². The Morgan fingerprint density at radius 1 is 1.43 bits per heavy atom. The maximum absolute atomic E-state index is 4.10. The van der Waals surface area contributed by atoms with Gasteiger partial charge in [0.15, 0.2) is 0 Å². The zero-order chi connectivity index (χ0) is 9.80. The van der Waals surface area contributed by atoms with Crippen LogP contribution in [-0.4, -0.2) is 4.98 Å². The first-order valence-electron chi connectivity index (χ1n) is 4.20. The molecule has 0 radical (unpaired) electrons. The first-order chi connectivity index (χ1) is 6.84. The molecule has 0 aliphatic carbocycles. The second kappa shape index (κ2) is 4.57. The summed E-state index contributed by atoms with van der Waals surface area (Å²) < 4.78 is 1.02. The van der Waals surface area contributed by atoms with Crippen LogP contribution in [0.1, 0.15) is 5.56 Å². The van der Waals surface area contributed by atoms with Gasteiger partial charge in [-0.15, -0.1) is 0 Å². The molecule has 2 rings (SSSR count). The van der Waals surface area contributed by atoms with Crippen molar-refractivity contribution in [2.24, 2.45) is 0 Å². The Morgan fingerprint density at radius 3 is 3.07 bits per heavy atom. The van der Waals surface area contributed by atoms with Crippen LogP contribution >= 0.6 is 27.3 Å². The number of nitrogens with zero attached hydrogens (tertiary/aromatic N) is 1. The maximum atomic E-state index is 4.10. The molecule has 2 aromatic heterocycles. The quantitative estimate of drug-likeness (QED) is 0.922. The average Bonchev–Trinajstić information content (AvgIpc) is 2.67. The Hall–Kier alpha value is -0.870. The molecule has 0 amide bonds. The number of anilines is 1. The van der Waals surface area contributed by atoms with E-state index in [2.05, 4.69) is 49.1 Å². The molecule has 0 aliphatic heterocycles. The van der Waals surface area contributed by atoms with Crippen LogP contribution in [-0.2, 0) is 6.54 Å². The lowest BCUT2D eigenvalue weighted by Crippen LogP contribution is -1.98. The smallest absolute Gasteiger partial charge is 0.0451 e. The Labute approximate surface area is 95.1 Å². The summed E-state index contributed by atoms with van der Waals surface area (Å²) in [5, 5.41) is 7.46. The lowest BCUT2D eigenvalue weighted by molar-refractivity contribution is 1.11. The summed E-state index contributed by atoms with van der Waals surface area (Å²) in [4.78, 5) is 4.10. The number of thiophene rings is 1. The number of aromatic nitrogens is 1. The minimum absolute atomic E-state index is 0.809. The highest BCUT2D eigenvalue weighted by Crippen LogP contribution is 2.14. The molecule has 2 aromatic rings. The van der Waals surface area contributed by atoms with Gasteiger partial charge in [0.25, 0.3) is 0 Å². The normalized spacial score (nSPS) is 10.1. The zero-order valence-electron chi connectivity index (χ0n) is 7.40. The monoisotopic (exact) mass is 268 g/mol. The molecule has 0 spiro atoms. The van der Waals surface area contributed by atoms with E-state index in [4.69, 9.17) is 0 Å². The van der Waals surface area contributed by atoms with E-state index in [1.54, 1.807) is 17.5 Å². The van der Waals surface area contributed by atoms with E-state index >= 15 is 0 Å². The highest BCUT2D eigenvalue weighted by molar-refractivity contribution is 9.10. The van der Waals surface area contributed by atoms with Crippen LogP contribution < -0.4 is 5.32 Å². The molecule has 14 heavy (non-hydrogen) atoms. The number of rotatable bonds is 3. The second-order valence-electron chi connectivity index (χ2n) is 2.88. The van der Waals surface area contributed by atoms with Gasteiger partial charge in [-0.05, 0) is 39.0 Å². The molecule has 4 heteroatoms. The predicted molar refractivity (Wildman–Crippen MR) is 63.6 cm³/mol. The number of hydrogen-bond donors (Lipinski definition) is 1. The summed E-state index contributed by atoms with van der Waals surface area (Å²) in [6.45, 7) is 0.809. The fourth-order valence-corrected chi connectivity index (χ4v) is 2.15. The third-order valence-corrected chi connectivity index (χ3v) is 2.90. The van der Waals surface area contributed by atoms with Crippen molar-refractivity contribution in [3.8, 4) is 0 Å². The van der Waals surface area contributed by atoms with E-state index in [1.807, 2.05) is 6.20 Å². The Balaban J connectivity index is 1.98. The van der Waals surface area contributed by atoms with Crippen molar-refractivity contribution < 1.29 is 0 Å². The zero-order valence-corrected chi connectivity index (χ0v) is 9.81. The van der Waals surface area contributed by atoms with Crippen molar-refractivity contribution in [3.05, 3.63) is 45.3 Å². The SMILES string of the molecule is Brc1cncc(CNc2ccsc2)c1. The molecule has 0 fully saturated rings. The van der Waals surface area contributed by atoms with Gasteiger partial charge in [-0.3, -0.25) is 4.98 Å².